The molecule has 0 spiro atoms. The van der Waals surface area contributed by atoms with Gasteiger partial charge < -0.3 is 19.8 Å². The Morgan fingerprint density at radius 1 is 0.491 bits per heavy atom. The Kier molecular flexibility index (Phi) is 22.5. The Bertz CT molecular complexity index is 1410. The average Bonchev–Trinajstić information content (AvgIpc) is 3.13. The molecule has 0 aliphatic heterocycles. The SMILES string of the molecule is CC(=O)[O-].CC(=O)[O-].CC1CCC(C(C)C)C(P(c2ccccc2)c2ccccc2)C1.CC1CCC(C(C)C)C(P(c2ccccc2)c2ccccc2)C1.[Pd+2]. The molecule has 4 aromatic carbocycles. The van der Waals surface area contributed by atoms with Gasteiger partial charge in [0, 0.05) is 11.9 Å². The fraction of sp³-hybridized carbons (Fsp3) is 0.458. The van der Waals surface area contributed by atoms with Crippen LogP contribution in [-0.4, -0.2) is 23.3 Å². The first-order chi connectivity index (χ1) is 25.8. The molecule has 4 aromatic rings. The molecule has 6 rings (SSSR count). The smallest absolute Gasteiger partial charge is 0.550 e. The van der Waals surface area contributed by atoms with Crippen LogP contribution in [0.15, 0.2) is 121 Å². The fourth-order valence-corrected chi connectivity index (χ4v) is 15.3. The topological polar surface area (TPSA) is 80.3 Å². The number of carboxylic acid groups (broad SMARTS) is 2. The van der Waals surface area contributed by atoms with Gasteiger partial charge in [0.15, 0.2) is 0 Å². The molecule has 2 fully saturated rings. The molecule has 300 valence electrons. The maximum atomic E-state index is 8.89. The molecule has 0 aromatic heterocycles. The zero-order chi connectivity index (χ0) is 39.6. The molecule has 2 saturated carbocycles. The van der Waals surface area contributed by atoms with E-state index >= 15 is 0 Å². The van der Waals surface area contributed by atoms with Gasteiger partial charge in [-0.1, -0.05) is 176 Å². The summed E-state index contributed by atoms with van der Waals surface area (Å²) in [5.74, 6) is 2.85. The van der Waals surface area contributed by atoms with Crippen molar-refractivity contribution in [3.8, 4) is 0 Å². The van der Waals surface area contributed by atoms with Crippen LogP contribution in [0.5, 0.6) is 0 Å². The first kappa shape index (κ1) is 48.5. The van der Waals surface area contributed by atoms with Crippen molar-refractivity contribution in [2.45, 2.75) is 105 Å². The first-order valence-corrected chi connectivity index (χ1v) is 22.8. The maximum Gasteiger partial charge on any atom is 2.00 e. The Balaban J connectivity index is 0.000000314. The molecule has 0 radical (unpaired) electrons. The van der Waals surface area contributed by atoms with Crippen LogP contribution in [0.1, 0.15) is 93.9 Å². The summed E-state index contributed by atoms with van der Waals surface area (Å²) in [6.45, 7) is 16.6. The predicted molar refractivity (Wildman–Crippen MR) is 230 cm³/mol. The van der Waals surface area contributed by atoms with Crippen molar-refractivity contribution < 1.29 is 40.2 Å². The summed E-state index contributed by atoms with van der Waals surface area (Å²) >= 11 is 0. The number of aliphatic carboxylic acids is 2. The van der Waals surface area contributed by atoms with Gasteiger partial charge in [-0.05, 0) is 123 Å². The van der Waals surface area contributed by atoms with Crippen molar-refractivity contribution in [1.82, 2.24) is 0 Å². The Morgan fingerprint density at radius 2 is 0.709 bits per heavy atom. The van der Waals surface area contributed by atoms with Crippen LogP contribution in [0.25, 0.3) is 0 Å². The zero-order valence-electron chi connectivity index (χ0n) is 34.3. The monoisotopic (exact) mass is 872 g/mol. The first-order valence-electron chi connectivity index (χ1n) is 19.9. The molecular formula is C48H64O4P2Pd. The van der Waals surface area contributed by atoms with Gasteiger partial charge in [-0.3, -0.25) is 0 Å². The summed E-state index contributed by atoms with van der Waals surface area (Å²) < 4.78 is 0. The molecule has 0 heterocycles. The third kappa shape index (κ3) is 16.4. The van der Waals surface area contributed by atoms with Crippen LogP contribution in [0.4, 0.5) is 0 Å². The van der Waals surface area contributed by atoms with Gasteiger partial charge in [0.25, 0.3) is 0 Å². The van der Waals surface area contributed by atoms with E-state index in [0.717, 1.165) is 60.7 Å². The molecule has 0 bridgehead atoms. The van der Waals surface area contributed by atoms with Gasteiger partial charge in [0.05, 0.1) is 0 Å². The number of rotatable bonds is 8. The van der Waals surface area contributed by atoms with E-state index in [-0.39, 0.29) is 36.3 Å². The predicted octanol–water partition coefficient (Wildman–Crippen LogP) is 8.67. The maximum absolute atomic E-state index is 8.89. The van der Waals surface area contributed by atoms with E-state index in [1.807, 2.05) is 0 Å². The second-order valence-electron chi connectivity index (χ2n) is 15.9. The molecule has 0 saturated heterocycles. The van der Waals surface area contributed by atoms with Crippen molar-refractivity contribution in [1.29, 1.82) is 0 Å². The van der Waals surface area contributed by atoms with E-state index in [4.69, 9.17) is 19.8 Å². The van der Waals surface area contributed by atoms with Gasteiger partial charge in [0.2, 0.25) is 0 Å². The standard InChI is InChI=1S/2C22H29P.2C2H4O2.Pd/c2*1-17(2)21-15-14-18(3)16-22(21)23(19-10-6-4-7-11-19)20-12-8-5-9-13-20;2*1-2(3)4;/h2*4-13,17-18,21-22H,14-16H2,1-3H3;2*1H3,(H,3,4);/q;;;;+2/p-2. The quantitative estimate of drug-likeness (QED) is 0.131. The molecule has 4 nitrogen and oxygen atoms in total. The minimum atomic E-state index is -1.08. The number of carboxylic acids is 2. The second kappa shape index (κ2) is 25.6. The zero-order valence-corrected chi connectivity index (χ0v) is 37.6. The third-order valence-corrected chi connectivity index (χ3v) is 16.7. The largest absolute Gasteiger partial charge is 2.00 e. The van der Waals surface area contributed by atoms with E-state index in [2.05, 4.69) is 163 Å². The van der Waals surface area contributed by atoms with Crippen molar-refractivity contribution in [3.05, 3.63) is 121 Å². The number of carbonyl (C=O) groups is 2. The Labute approximate surface area is 349 Å². The number of hydrogen-bond donors (Lipinski definition) is 0. The Hall–Kier alpha value is -2.66. The van der Waals surface area contributed by atoms with Gasteiger partial charge in [-0.15, -0.1) is 0 Å². The van der Waals surface area contributed by atoms with Crippen molar-refractivity contribution >= 4 is 49.0 Å². The average molecular weight is 873 g/mol. The molecule has 2 aliphatic carbocycles. The fourth-order valence-electron chi connectivity index (χ4n) is 8.32. The van der Waals surface area contributed by atoms with Gasteiger partial charge >= 0.3 is 20.4 Å². The molecule has 7 heteroatoms. The van der Waals surface area contributed by atoms with Crippen LogP contribution >= 0.6 is 15.8 Å². The van der Waals surface area contributed by atoms with Gasteiger partial charge in [-0.25, -0.2) is 0 Å². The second-order valence-corrected chi connectivity index (χ2v) is 20.7. The number of hydrogen-bond acceptors (Lipinski definition) is 4. The van der Waals surface area contributed by atoms with Crippen LogP contribution < -0.4 is 31.4 Å². The molecule has 0 amide bonds. The van der Waals surface area contributed by atoms with E-state index < -0.39 is 11.9 Å². The minimum Gasteiger partial charge on any atom is -0.550 e. The Morgan fingerprint density at radius 3 is 0.909 bits per heavy atom. The van der Waals surface area contributed by atoms with Crippen LogP contribution in [0.3, 0.4) is 0 Å². The van der Waals surface area contributed by atoms with E-state index in [0.29, 0.717) is 0 Å². The summed E-state index contributed by atoms with van der Waals surface area (Å²) in [5, 5.41) is 24.0. The van der Waals surface area contributed by atoms with E-state index in [1.165, 1.54) is 38.5 Å². The molecule has 55 heavy (non-hydrogen) atoms. The van der Waals surface area contributed by atoms with E-state index in [9.17, 15) is 0 Å². The summed E-state index contributed by atoms with van der Waals surface area (Å²) in [6, 6.07) is 45.1. The van der Waals surface area contributed by atoms with Crippen molar-refractivity contribution in [2.75, 3.05) is 0 Å². The molecule has 2 aliphatic rings. The molecular weight excluding hydrogens is 809 g/mol. The van der Waals surface area contributed by atoms with Crippen molar-refractivity contribution in [2.24, 2.45) is 35.5 Å². The molecule has 6 unspecified atom stereocenters. The third-order valence-electron chi connectivity index (χ3n) is 10.8. The van der Waals surface area contributed by atoms with Crippen LogP contribution in [-0.2, 0) is 30.0 Å². The van der Waals surface area contributed by atoms with Gasteiger partial charge in [0.1, 0.15) is 0 Å². The summed E-state index contributed by atoms with van der Waals surface area (Å²) in [6.07, 6.45) is 8.40. The summed E-state index contributed by atoms with van der Waals surface area (Å²) in [4.78, 5) is 17.8. The van der Waals surface area contributed by atoms with E-state index in [1.54, 1.807) is 21.2 Å². The van der Waals surface area contributed by atoms with Crippen molar-refractivity contribution in [3.63, 3.8) is 0 Å². The summed E-state index contributed by atoms with van der Waals surface area (Å²) in [7, 11) is -0.535. The van der Waals surface area contributed by atoms with Crippen LogP contribution in [0, 0.1) is 35.5 Å². The molecule has 0 N–H and O–H groups in total. The normalized spacial score (nSPS) is 21.8. The number of benzene rings is 4. The van der Waals surface area contributed by atoms with Crippen LogP contribution in [0.2, 0.25) is 0 Å². The number of carbonyl (C=O) groups excluding carboxylic acids is 2. The minimum absolute atomic E-state index is 0. The molecule has 6 atom stereocenters. The van der Waals surface area contributed by atoms with Gasteiger partial charge in [-0.2, -0.15) is 0 Å². The summed E-state index contributed by atoms with van der Waals surface area (Å²) in [5.41, 5.74) is 1.64.